The topological polar surface area (TPSA) is 121 Å². The Kier molecular flexibility index (Phi) is 3.24. The fraction of sp³-hybridized carbons (Fsp3) is 1.00. The number of hydrogen-bond acceptors (Lipinski definition) is 6. The lowest BCUT2D eigenvalue weighted by atomic mass is 9.83. The average Bonchev–Trinajstić information content (AvgIpc) is 2.11. The molecule has 2 unspecified atom stereocenters. The standard InChI is InChI=1S/C6H14O6P2/c7-1-2(8)5(11,13)4(10)6(12,14)3(1)9/h1-4,7-12H,13-14H2/t1-,2-,3+,4+,5-,6+. The average molecular weight is 244 g/mol. The first-order chi connectivity index (χ1) is 6.13. The van der Waals surface area contributed by atoms with Crippen molar-refractivity contribution in [2.45, 2.75) is 35.1 Å². The summed E-state index contributed by atoms with van der Waals surface area (Å²) in [5, 5.41) is 52.1. The third-order valence-electron chi connectivity index (χ3n) is 2.47. The molecule has 0 spiro atoms. The Morgan fingerprint density at radius 1 is 0.786 bits per heavy atom. The van der Waals surface area contributed by atoms with Crippen LogP contribution in [0.4, 0.5) is 0 Å². The molecular weight excluding hydrogens is 230 g/mol. The number of hydrogen-bond donors (Lipinski definition) is 6. The molecule has 6 N–H and O–H groups in total. The second-order valence-corrected chi connectivity index (χ2v) is 5.41. The number of rotatable bonds is 0. The van der Waals surface area contributed by atoms with Crippen molar-refractivity contribution in [3.63, 3.8) is 0 Å². The molecule has 0 bridgehead atoms. The van der Waals surface area contributed by atoms with E-state index in [1.165, 1.54) is 0 Å². The molecule has 6 nitrogen and oxygen atoms in total. The van der Waals surface area contributed by atoms with Gasteiger partial charge in [0.1, 0.15) is 35.1 Å². The van der Waals surface area contributed by atoms with Gasteiger partial charge in [-0.05, 0) is 0 Å². The molecule has 0 saturated heterocycles. The molecule has 0 aromatic rings. The van der Waals surface area contributed by atoms with E-state index in [4.69, 9.17) is 0 Å². The molecule has 0 heterocycles. The highest BCUT2D eigenvalue weighted by molar-refractivity contribution is 7.20. The van der Waals surface area contributed by atoms with Crippen LogP contribution in [0.25, 0.3) is 0 Å². The van der Waals surface area contributed by atoms with Crippen molar-refractivity contribution >= 4 is 18.5 Å². The summed E-state index contributed by atoms with van der Waals surface area (Å²) in [5.41, 5.74) is 0. The predicted octanol–water partition coefficient (Wildman–Crippen LogP) is -3.43. The van der Waals surface area contributed by atoms with Gasteiger partial charge in [0.15, 0.2) is 0 Å². The van der Waals surface area contributed by atoms with E-state index in [-0.39, 0.29) is 0 Å². The van der Waals surface area contributed by atoms with Gasteiger partial charge in [0.05, 0.1) is 0 Å². The Labute approximate surface area is 85.0 Å². The number of aliphatic hydroxyl groups is 6. The molecule has 1 aliphatic carbocycles. The third kappa shape index (κ3) is 1.60. The van der Waals surface area contributed by atoms with E-state index < -0.39 is 35.1 Å². The maximum absolute atomic E-state index is 9.55. The quantitative estimate of drug-likeness (QED) is 0.247. The molecule has 84 valence electrons. The smallest absolute Gasteiger partial charge is 0.135 e. The molecule has 14 heavy (non-hydrogen) atoms. The fourth-order valence-corrected chi connectivity index (χ4v) is 2.53. The second kappa shape index (κ2) is 3.58. The summed E-state index contributed by atoms with van der Waals surface area (Å²) in [5.74, 6) is 0. The molecule has 0 aromatic carbocycles. The van der Waals surface area contributed by atoms with Crippen LogP contribution in [0.2, 0.25) is 0 Å². The minimum absolute atomic E-state index is 1.74. The summed E-state index contributed by atoms with van der Waals surface area (Å²) in [4.78, 5) is 0. The van der Waals surface area contributed by atoms with Crippen LogP contribution in [-0.4, -0.2) is 65.7 Å². The summed E-state index contributed by atoms with van der Waals surface area (Å²) < 4.78 is 0. The minimum atomic E-state index is -2.17. The zero-order valence-electron chi connectivity index (χ0n) is 7.15. The van der Waals surface area contributed by atoms with Crippen LogP contribution in [0.1, 0.15) is 0 Å². The Hall–Kier alpha value is 0.620. The highest BCUT2D eigenvalue weighted by atomic mass is 31.0. The van der Waals surface area contributed by atoms with Crippen molar-refractivity contribution in [3.05, 3.63) is 0 Å². The van der Waals surface area contributed by atoms with Crippen LogP contribution in [0.3, 0.4) is 0 Å². The molecule has 8 atom stereocenters. The van der Waals surface area contributed by atoms with Gasteiger partial charge in [-0.15, -0.1) is 0 Å². The molecule has 1 saturated carbocycles. The molecule has 1 fully saturated rings. The van der Waals surface area contributed by atoms with Crippen LogP contribution >= 0.6 is 18.5 Å². The molecule has 0 aliphatic heterocycles. The Balaban J connectivity index is 3.09. The highest BCUT2D eigenvalue weighted by Crippen LogP contribution is 2.43. The largest absolute Gasteiger partial charge is 0.387 e. The Morgan fingerprint density at radius 2 is 1.07 bits per heavy atom. The van der Waals surface area contributed by atoms with Gasteiger partial charge in [0.25, 0.3) is 0 Å². The van der Waals surface area contributed by atoms with Crippen molar-refractivity contribution < 1.29 is 30.6 Å². The highest BCUT2D eigenvalue weighted by Gasteiger charge is 2.61. The van der Waals surface area contributed by atoms with Crippen molar-refractivity contribution in [2.24, 2.45) is 0 Å². The van der Waals surface area contributed by atoms with E-state index >= 15 is 0 Å². The van der Waals surface area contributed by atoms with Crippen molar-refractivity contribution in [2.75, 3.05) is 0 Å². The van der Waals surface area contributed by atoms with Gasteiger partial charge in [-0.2, -0.15) is 0 Å². The Morgan fingerprint density at radius 3 is 1.36 bits per heavy atom. The maximum Gasteiger partial charge on any atom is 0.135 e. The molecular formula is C6H14O6P2. The lowest BCUT2D eigenvalue weighted by Gasteiger charge is -2.50. The van der Waals surface area contributed by atoms with Crippen LogP contribution < -0.4 is 0 Å². The molecule has 1 rings (SSSR count). The van der Waals surface area contributed by atoms with Gasteiger partial charge in [0.2, 0.25) is 0 Å². The van der Waals surface area contributed by atoms with Crippen LogP contribution in [0, 0.1) is 0 Å². The van der Waals surface area contributed by atoms with Crippen molar-refractivity contribution in [1.29, 1.82) is 0 Å². The van der Waals surface area contributed by atoms with E-state index in [0.29, 0.717) is 0 Å². The SMILES string of the molecule is O[C@@H]1[C@@H](O)[C@@](O)(P)[C@H](O)[C@@](O)(P)[C@H]1O. The zero-order chi connectivity index (χ0) is 11.3. The molecule has 1 aliphatic rings. The van der Waals surface area contributed by atoms with E-state index in [2.05, 4.69) is 0 Å². The van der Waals surface area contributed by atoms with Gasteiger partial charge in [-0.1, -0.05) is 18.5 Å². The van der Waals surface area contributed by atoms with E-state index in [0.717, 1.165) is 0 Å². The van der Waals surface area contributed by atoms with Gasteiger partial charge in [-0.25, -0.2) is 0 Å². The number of aliphatic hydroxyl groups excluding tert-OH is 4. The third-order valence-corrected chi connectivity index (χ3v) is 3.79. The predicted molar refractivity (Wildman–Crippen MR) is 53.3 cm³/mol. The van der Waals surface area contributed by atoms with E-state index in [1.54, 1.807) is 18.5 Å². The summed E-state index contributed by atoms with van der Waals surface area (Å²) in [6.45, 7) is 0. The molecule has 0 amide bonds. The minimum Gasteiger partial charge on any atom is -0.387 e. The summed E-state index contributed by atoms with van der Waals surface area (Å²) >= 11 is 0. The second-order valence-electron chi connectivity index (χ2n) is 3.56. The first-order valence-electron chi connectivity index (χ1n) is 3.88. The Bertz CT molecular complexity index is 210. The monoisotopic (exact) mass is 244 g/mol. The van der Waals surface area contributed by atoms with E-state index in [9.17, 15) is 30.6 Å². The fourth-order valence-electron chi connectivity index (χ4n) is 1.41. The first kappa shape index (κ1) is 12.7. The molecule has 8 heteroatoms. The summed E-state index contributed by atoms with van der Waals surface area (Å²) in [7, 11) is 3.47. The van der Waals surface area contributed by atoms with Gasteiger partial charge in [0, 0.05) is 0 Å². The maximum atomic E-state index is 9.55. The van der Waals surface area contributed by atoms with Gasteiger partial charge >= 0.3 is 0 Å². The summed E-state index contributed by atoms with van der Waals surface area (Å²) in [6, 6.07) is 0. The lowest BCUT2D eigenvalue weighted by Crippen LogP contribution is -2.72. The van der Waals surface area contributed by atoms with Crippen LogP contribution in [0.15, 0.2) is 0 Å². The van der Waals surface area contributed by atoms with Gasteiger partial charge in [-0.3, -0.25) is 0 Å². The van der Waals surface area contributed by atoms with E-state index in [1.807, 2.05) is 0 Å². The molecule has 0 radical (unpaired) electrons. The summed E-state index contributed by atoms with van der Waals surface area (Å²) in [6.07, 6.45) is -7.10. The van der Waals surface area contributed by atoms with Crippen LogP contribution in [-0.2, 0) is 0 Å². The molecule has 0 aromatic heterocycles. The van der Waals surface area contributed by atoms with Crippen molar-refractivity contribution in [1.82, 2.24) is 0 Å². The normalized spacial score (nSPS) is 60.0. The zero-order valence-corrected chi connectivity index (χ0v) is 9.46. The van der Waals surface area contributed by atoms with Crippen molar-refractivity contribution in [3.8, 4) is 0 Å². The lowest BCUT2D eigenvalue weighted by molar-refractivity contribution is -0.248. The van der Waals surface area contributed by atoms with Crippen LogP contribution in [0.5, 0.6) is 0 Å². The van der Waals surface area contributed by atoms with Gasteiger partial charge < -0.3 is 30.6 Å². The first-order valence-corrected chi connectivity index (χ1v) is 5.03.